The van der Waals surface area contributed by atoms with Gasteiger partial charge in [0.2, 0.25) is 7.29 Å². The van der Waals surface area contributed by atoms with E-state index >= 15 is 0 Å². The topological polar surface area (TPSA) is 29.4 Å². The Morgan fingerprint density at radius 2 is 1.26 bits per heavy atom. The smallest absolute Gasteiger partial charge is 0.247 e. The normalized spacial score (nSPS) is 13.3. The van der Waals surface area contributed by atoms with Crippen LogP contribution in [0, 0.1) is 5.92 Å². The summed E-state index contributed by atoms with van der Waals surface area (Å²) < 4.78 is 19.1. The minimum Gasteiger partial charge on any atom is -0.288 e. The van der Waals surface area contributed by atoms with Gasteiger partial charge in [0.05, 0.1) is 0 Å². The molecule has 0 bridgehead atoms. The van der Waals surface area contributed by atoms with Crippen LogP contribution in [0.15, 0.2) is 95.8 Å². The predicted octanol–water partition coefficient (Wildman–Crippen LogP) is 5.65. The van der Waals surface area contributed by atoms with Crippen LogP contribution in [0.5, 0.6) is 0 Å². The van der Waals surface area contributed by atoms with E-state index in [9.17, 15) is 4.57 Å². The molecule has 138 valence electrons. The number of rotatable bonds is 7. The lowest BCUT2D eigenvalue weighted by Crippen LogP contribution is -2.19. The van der Waals surface area contributed by atoms with Gasteiger partial charge in [-0.3, -0.25) is 4.57 Å². The molecule has 0 saturated heterocycles. The van der Waals surface area contributed by atoms with Crippen LogP contribution in [-0.2, 0) is 11.0 Å². The molecule has 3 aromatic rings. The fraction of sp³-hybridized carbons (Fsp3) is 0.208. The van der Waals surface area contributed by atoms with E-state index < -0.39 is 7.29 Å². The fourth-order valence-corrected chi connectivity index (χ4v) is 5.69. The highest BCUT2D eigenvalue weighted by molar-refractivity contribution is 7.77. The van der Waals surface area contributed by atoms with Crippen molar-refractivity contribution >= 4 is 23.6 Å². The van der Waals surface area contributed by atoms with Crippen LogP contribution in [0.4, 0.5) is 0 Å². The van der Waals surface area contributed by atoms with Crippen LogP contribution in [0.2, 0.25) is 0 Å². The molecule has 0 aromatic heterocycles. The number of nitrogens with zero attached hydrogens (tertiary/aromatic N) is 1. The lowest BCUT2D eigenvalue weighted by atomic mass is 9.95. The van der Waals surface area contributed by atoms with Gasteiger partial charge in [-0.25, -0.2) is 4.76 Å². The molecule has 0 fully saturated rings. The zero-order valence-electron chi connectivity index (χ0n) is 16.0. The molecule has 2 nitrogen and oxygen atoms in total. The second kappa shape index (κ2) is 8.97. The number of hydrogen-bond donors (Lipinski definition) is 0. The van der Waals surface area contributed by atoms with Crippen molar-refractivity contribution in [2.24, 2.45) is 10.7 Å². The maximum atomic E-state index is 14.2. The quantitative estimate of drug-likeness (QED) is 0.388. The Kier molecular flexibility index (Phi) is 6.42. The summed E-state index contributed by atoms with van der Waals surface area (Å²) in [5.41, 5.74) is 2.29. The van der Waals surface area contributed by atoms with E-state index in [1.54, 1.807) is 0 Å². The lowest BCUT2D eigenvalue weighted by Gasteiger charge is -2.20. The van der Waals surface area contributed by atoms with Crippen molar-refractivity contribution in [3.8, 4) is 0 Å². The van der Waals surface area contributed by atoms with Gasteiger partial charge in [0.25, 0.3) is 0 Å². The molecule has 0 amide bonds. The highest BCUT2D eigenvalue weighted by Crippen LogP contribution is 2.46. The van der Waals surface area contributed by atoms with Gasteiger partial charge in [0.15, 0.2) is 0 Å². The van der Waals surface area contributed by atoms with Crippen molar-refractivity contribution in [1.82, 2.24) is 0 Å². The van der Waals surface area contributed by atoms with Gasteiger partial charge >= 0.3 is 0 Å². The van der Waals surface area contributed by atoms with Gasteiger partial charge in [-0.1, -0.05) is 80.6 Å². The first-order chi connectivity index (χ1) is 13.1. The van der Waals surface area contributed by atoms with Crippen LogP contribution in [0.1, 0.15) is 25.8 Å². The Morgan fingerprint density at radius 3 is 1.70 bits per heavy atom. The molecule has 0 heterocycles. The van der Waals surface area contributed by atoms with Gasteiger partial charge in [-0.15, -0.1) is 0 Å². The Balaban J connectivity index is 2.02. The minimum atomic E-state index is -3.07. The van der Waals surface area contributed by atoms with Crippen molar-refractivity contribution in [3.63, 3.8) is 0 Å². The van der Waals surface area contributed by atoms with E-state index in [4.69, 9.17) is 4.76 Å². The minimum absolute atomic E-state index is 0.234. The Labute approximate surface area is 162 Å². The molecule has 0 spiro atoms. The van der Waals surface area contributed by atoms with Gasteiger partial charge in [-0.2, -0.15) is 0 Å². The fourth-order valence-electron chi connectivity index (χ4n) is 3.31. The summed E-state index contributed by atoms with van der Waals surface area (Å²) >= 11 is 0. The Morgan fingerprint density at radius 1 is 0.815 bits per heavy atom. The molecule has 3 rings (SSSR count). The van der Waals surface area contributed by atoms with E-state index in [-0.39, 0.29) is 5.92 Å². The van der Waals surface area contributed by atoms with Gasteiger partial charge in [0.1, 0.15) is 0 Å². The van der Waals surface area contributed by atoms with E-state index in [0.717, 1.165) is 29.2 Å². The van der Waals surface area contributed by atoms with Crippen LogP contribution in [-0.4, -0.2) is 5.71 Å². The summed E-state index contributed by atoms with van der Waals surface area (Å²) in [6.07, 6.45) is 1.69. The molecule has 0 aliphatic heterocycles. The molecule has 3 aromatic carbocycles. The average Bonchev–Trinajstić information content (AvgIpc) is 2.73. The molecule has 0 radical (unpaired) electrons. The molecule has 1 unspecified atom stereocenters. The summed E-state index contributed by atoms with van der Waals surface area (Å²) in [6, 6.07) is 29.7. The molecule has 0 saturated carbocycles. The van der Waals surface area contributed by atoms with E-state index in [0.29, 0.717) is 0 Å². The summed E-state index contributed by atoms with van der Waals surface area (Å²) in [7, 11) is -3.07. The second-order valence-electron chi connectivity index (χ2n) is 6.78. The maximum absolute atomic E-state index is 14.2. The van der Waals surface area contributed by atoms with Gasteiger partial charge < -0.3 is 0 Å². The van der Waals surface area contributed by atoms with Gasteiger partial charge in [-0.05, 0) is 48.6 Å². The third-order valence-electron chi connectivity index (χ3n) is 4.80. The predicted molar refractivity (Wildman–Crippen MR) is 117 cm³/mol. The Hall–Kier alpha value is -2.44. The van der Waals surface area contributed by atoms with Crippen LogP contribution in [0.25, 0.3) is 0 Å². The lowest BCUT2D eigenvalue weighted by molar-refractivity contribution is 0.587. The summed E-state index contributed by atoms with van der Waals surface area (Å²) in [5, 5.41) is 1.57. The van der Waals surface area contributed by atoms with Crippen molar-refractivity contribution in [3.05, 3.63) is 96.6 Å². The third kappa shape index (κ3) is 4.64. The zero-order chi connectivity index (χ0) is 19.1. The zero-order valence-corrected chi connectivity index (χ0v) is 16.8. The highest BCUT2D eigenvalue weighted by atomic mass is 31.2. The molecule has 0 aliphatic carbocycles. The van der Waals surface area contributed by atoms with Crippen LogP contribution < -0.4 is 10.6 Å². The molecule has 0 aliphatic rings. The van der Waals surface area contributed by atoms with E-state index in [2.05, 4.69) is 38.1 Å². The molecular weight excluding hydrogens is 349 g/mol. The Bertz CT molecular complexity index is 877. The largest absolute Gasteiger partial charge is 0.288 e. The van der Waals surface area contributed by atoms with E-state index in [1.165, 1.54) is 5.56 Å². The number of hydrogen-bond acceptors (Lipinski definition) is 1. The van der Waals surface area contributed by atoms with Crippen molar-refractivity contribution in [1.29, 1.82) is 0 Å². The summed E-state index contributed by atoms with van der Waals surface area (Å²) in [6.45, 7) is 4.27. The summed E-state index contributed by atoms with van der Waals surface area (Å²) in [5.74, 6) is 0.234. The SMILES string of the molecule is CCC(=NP(=O)(c1ccccc1)c1ccccc1)C(C)Cc1ccccc1. The molecular formula is C24H26NOP. The maximum Gasteiger partial charge on any atom is 0.247 e. The number of benzene rings is 3. The molecule has 3 heteroatoms. The van der Waals surface area contributed by atoms with Gasteiger partial charge in [0, 0.05) is 16.3 Å². The second-order valence-corrected chi connectivity index (χ2v) is 9.17. The monoisotopic (exact) mass is 375 g/mol. The van der Waals surface area contributed by atoms with Crippen molar-refractivity contribution < 1.29 is 4.57 Å². The highest BCUT2D eigenvalue weighted by Gasteiger charge is 2.27. The first kappa shape index (κ1) is 19.3. The third-order valence-corrected chi connectivity index (χ3v) is 7.33. The first-order valence-corrected chi connectivity index (χ1v) is 11.1. The average molecular weight is 375 g/mol. The molecule has 1 atom stereocenters. The van der Waals surface area contributed by atoms with Crippen LogP contribution >= 0.6 is 7.29 Å². The van der Waals surface area contributed by atoms with Crippen molar-refractivity contribution in [2.45, 2.75) is 26.7 Å². The van der Waals surface area contributed by atoms with Crippen LogP contribution in [0.3, 0.4) is 0 Å². The summed E-state index contributed by atoms with van der Waals surface area (Å²) in [4.78, 5) is 0. The molecule has 0 N–H and O–H groups in total. The standard InChI is InChI=1S/C24H26NOP/c1-3-24(20(2)19-21-13-7-4-8-14-21)25-27(26,22-15-9-5-10-16-22)23-17-11-6-12-18-23/h4-18,20H,3,19H2,1-2H3. The van der Waals surface area contributed by atoms with Crippen molar-refractivity contribution in [2.75, 3.05) is 0 Å². The molecule has 27 heavy (non-hydrogen) atoms. The van der Waals surface area contributed by atoms with E-state index in [1.807, 2.05) is 66.7 Å². The first-order valence-electron chi connectivity index (χ1n) is 9.47.